The molecule has 0 saturated carbocycles. The van der Waals surface area contributed by atoms with Crippen LogP contribution in [0.1, 0.15) is 59.8 Å². The summed E-state index contributed by atoms with van der Waals surface area (Å²) in [5.41, 5.74) is 3.47. The molecule has 0 aromatic heterocycles. The molecule has 0 spiro atoms. The fourth-order valence-electron chi connectivity index (χ4n) is 3.59. The fourth-order valence-corrected chi connectivity index (χ4v) is 4.82. The van der Waals surface area contributed by atoms with E-state index < -0.39 is 5.97 Å². The summed E-state index contributed by atoms with van der Waals surface area (Å²) in [7, 11) is 0. The second-order valence-electron chi connectivity index (χ2n) is 7.07. The van der Waals surface area contributed by atoms with Gasteiger partial charge in [-0.15, -0.1) is 11.8 Å². The lowest BCUT2D eigenvalue weighted by molar-refractivity contribution is -0.138. The standard InChI is InChI=1S/C16H27NO2S/c1-11-6-5-8-15(2,3)12(11)7-9-16(4)17-13(10-20-16)14(18)19/h13,17H,5-10H2,1-4H3,(H,18,19). The number of hydrogen-bond acceptors (Lipinski definition) is 3. The summed E-state index contributed by atoms with van der Waals surface area (Å²) in [6.07, 6.45) is 5.90. The van der Waals surface area contributed by atoms with Crippen LogP contribution in [0.2, 0.25) is 0 Å². The quantitative estimate of drug-likeness (QED) is 0.775. The molecule has 1 aliphatic heterocycles. The van der Waals surface area contributed by atoms with Crippen molar-refractivity contribution in [1.29, 1.82) is 0 Å². The Morgan fingerprint density at radius 3 is 2.70 bits per heavy atom. The normalized spacial score (nSPS) is 33.5. The number of hydrogen-bond donors (Lipinski definition) is 2. The Morgan fingerprint density at radius 2 is 2.15 bits per heavy atom. The Hall–Kier alpha value is -0.480. The first-order chi connectivity index (χ1) is 9.23. The van der Waals surface area contributed by atoms with Crippen LogP contribution < -0.4 is 5.32 Å². The molecule has 1 fully saturated rings. The highest BCUT2D eigenvalue weighted by Gasteiger charge is 2.39. The summed E-state index contributed by atoms with van der Waals surface area (Å²) in [5.74, 6) is -0.0533. The van der Waals surface area contributed by atoms with Gasteiger partial charge in [-0.1, -0.05) is 25.0 Å². The summed E-state index contributed by atoms with van der Waals surface area (Å²) in [5, 5.41) is 12.4. The van der Waals surface area contributed by atoms with Crippen molar-refractivity contribution in [3.05, 3.63) is 11.1 Å². The molecule has 1 heterocycles. The summed E-state index contributed by atoms with van der Waals surface area (Å²) in [4.78, 5) is 11.0. The van der Waals surface area contributed by atoms with E-state index in [1.165, 1.54) is 19.3 Å². The zero-order valence-electron chi connectivity index (χ0n) is 13.1. The second kappa shape index (κ2) is 5.72. The van der Waals surface area contributed by atoms with E-state index in [4.69, 9.17) is 5.11 Å². The van der Waals surface area contributed by atoms with Gasteiger partial charge in [0.2, 0.25) is 0 Å². The molecule has 0 radical (unpaired) electrons. The first-order valence-electron chi connectivity index (χ1n) is 7.57. The number of carboxylic acids is 1. The number of rotatable bonds is 4. The maximum atomic E-state index is 11.1. The number of aliphatic carboxylic acids is 1. The summed E-state index contributed by atoms with van der Waals surface area (Å²) in [6, 6.07) is -0.389. The van der Waals surface area contributed by atoms with E-state index in [9.17, 15) is 4.79 Å². The van der Waals surface area contributed by atoms with Gasteiger partial charge in [0.25, 0.3) is 0 Å². The van der Waals surface area contributed by atoms with Crippen LogP contribution in [-0.4, -0.2) is 27.7 Å². The van der Waals surface area contributed by atoms with Crippen molar-refractivity contribution in [2.75, 3.05) is 5.75 Å². The van der Waals surface area contributed by atoms with Crippen LogP contribution in [0, 0.1) is 5.41 Å². The van der Waals surface area contributed by atoms with Gasteiger partial charge in [-0.2, -0.15) is 0 Å². The van der Waals surface area contributed by atoms with E-state index in [0.717, 1.165) is 12.8 Å². The molecule has 2 N–H and O–H groups in total. The third-order valence-electron chi connectivity index (χ3n) is 4.88. The molecule has 1 aliphatic carbocycles. The van der Waals surface area contributed by atoms with Crippen molar-refractivity contribution in [3.63, 3.8) is 0 Å². The van der Waals surface area contributed by atoms with Gasteiger partial charge in [0.1, 0.15) is 6.04 Å². The van der Waals surface area contributed by atoms with Crippen molar-refractivity contribution in [1.82, 2.24) is 5.32 Å². The SMILES string of the molecule is CC1=C(CCC2(C)NC(C(=O)O)CS2)C(C)(C)CCC1. The van der Waals surface area contributed by atoms with Gasteiger partial charge in [0.05, 0.1) is 4.87 Å². The van der Waals surface area contributed by atoms with Crippen LogP contribution in [-0.2, 0) is 4.79 Å². The molecule has 4 heteroatoms. The Morgan fingerprint density at radius 1 is 1.45 bits per heavy atom. The van der Waals surface area contributed by atoms with E-state index in [0.29, 0.717) is 11.2 Å². The van der Waals surface area contributed by atoms with Crippen molar-refractivity contribution in [2.24, 2.45) is 5.41 Å². The van der Waals surface area contributed by atoms with E-state index in [1.807, 2.05) is 0 Å². The maximum Gasteiger partial charge on any atom is 0.321 e. The average Bonchev–Trinajstić information content (AvgIpc) is 2.71. The topological polar surface area (TPSA) is 49.3 Å². The van der Waals surface area contributed by atoms with Gasteiger partial charge < -0.3 is 5.11 Å². The van der Waals surface area contributed by atoms with Gasteiger partial charge >= 0.3 is 5.97 Å². The molecule has 1 saturated heterocycles. The lowest BCUT2D eigenvalue weighted by Gasteiger charge is -2.36. The molecule has 0 amide bonds. The number of allylic oxidation sites excluding steroid dienone is 2. The molecular weight excluding hydrogens is 270 g/mol. The van der Waals surface area contributed by atoms with Crippen molar-refractivity contribution in [3.8, 4) is 0 Å². The zero-order chi connectivity index (χ0) is 15.0. The molecule has 2 unspecified atom stereocenters. The van der Waals surface area contributed by atoms with Gasteiger partial charge in [0.15, 0.2) is 0 Å². The van der Waals surface area contributed by atoms with E-state index in [1.54, 1.807) is 22.9 Å². The molecule has 2 aliphatic rings. The van der Waals surface area contributed by atoms with Crippen LogP contribution >= 0.6 is 11.8 Å². The molecule has 2 atom stereocenters. The Kier molecular flexibility index (Phi) is 4.55. The fraction of sp³-hybridized carbons (Fsp3) is 0.812. The molecule has 114 valence electrons. The number of thioether (sulfide) groups is 1. The summed E-state index contributed by atoms with van der Waals surface area (Å²) in [6.45, 7) is 9.12. The van der Waals surface area contributed by atoms with Gasteiger partial charge in [-0.3, -0.25) is 10.1 Å². The average molecular weight is 297 g/mol. The lowest BCUT2D eigenvalue weighted by Crippen LogP contribution is -2.43. The lowest BCUT2D eigenvalue weighted by atomic mass is 9.71. The van der Waals surface area contributed by atoms with Crippen LogP contribution in [0.25, 0.3) is 0 Å². The predicted molar refractivity (Wildman–Crippen MR) is 85.0 cm³/mol. The zero-order valence-corrected chi connectivity index (χ0v) is 13.9. The maximum absolute atomic E-state index is 11.1. The van der Waals surface area contributed by atoms with Crippen LogP contribution in [0.4, 0.5) is 0 Å². The van der Waals surface area contributed by atoms with E-state index >= 15 is 0 Å². The van der Waals surface area contributed by atoms with Crippen molar-refractivity contribution in [2.45, 2.75) is 70.7 Å². The van der Waals surface area contributed by atoms with Crippen LogP contribution in [0.5, 0.6) is 0 Å². The smallest absolute Gasteiger partial charge is 0.321 e. The number of carboxylic acid groups (broad SMARTS) is 1. The Labute approximate surface area is 126 Å². The first-order valence-corrected chi connectivity index (χ1v) is 8.56. The highest BCUT2D eigenvalue weighted by atomic mass is 32.2. The minimum Gasteiger partial charge on any atom is -0.480 e. The highest BCUT2D eigenvalue weighted by Crippen LogP contribution is 2.44. The Bertz CT molecular complexity index is 430. The third-order valence-corrected chi connectivity index (χ3v) is 6.34. The molecule has 3 nitrogen and oxygen atoms in total. The van der Waals surface area contributed by atoms with Gasteiger partial charge in [-0.05, 0) is 51.4 Å². The molecule has 2 rings (SSSR count). The van der Waals surface area contributed by atoms with Gasteiger partial charge in [-0.25, -0.2) is 0 Å². The minimum atomic E-state index is -0.727. The van der Waals surface area contributed by atoms with Crippen molar-refractivity contribution < 1.29 is 9.90 Å². The van der Waals surface area contributed by atoms with E-state index in [-0.39, 0.29) is 10.9 Å². The molecule has 0 aromatic rings. The molecule has 20 heavy (non-hydrogen) atoms. The predicted octanol–water partition coefficient (Wildman–Crippen LogP) is 3.80. The summed E-state index contributed by atoms with van der Waals surface area (Å²) < 4.78 is 0. The third kappa shape index (κ3) is 3.40. The monoisotopic (exact) mass is 297 g/mol. The molecular formula is C16H27NO2S. The minimum absolute atomic E-state index is 0.0934. The summed E-state index contributed by atoms with van der Waals surface area (Å²) >= 11 is 1.76. The van der Waals surface area contributed by atoms with Gasteiger partial charge in [0, 0.05) is 5.75 Å². The second-order valence-corrected chi connectivity index (χ2v) is 8.60. The largest absolute Gasteiger partial charge is 0.480 e. The van der Waals surface area contributed by atoms with Crippen LogP contribution in [0.3, 0.4) is 0 Å². The number of carbonyl (C=O) groups is 1. The van der Waals surface area contributed by atoms with Crippen LogP contribution in [0.15, 0.2) is 11.1 Å². The molecule has 0 aromatic carbocycles. The Balaban J connectivity index is 2.00. The number of nitrogens with one attached hydrogen (secondary N) is 1. The van der Waals surface area contributed by atoms with E-state index in [2.05, 4.69) is 33.0 Å². The molecule has 0 bridgehead atoms. The first kappa shape index (κ1) is 15.9. The van der Waals surface area contributed by atoms with Crippen molar-refractivity contribution >= 4 is 17.7 Å². The highest BCUT2D eigenvalue weighted by molar-refractivity contribution is 8.00.